The molecule has 0 saturated heterocycles. The fraction of sp³-hybridized carbons (Fsp3) is 0.909. The van der Waals surface area contributed by atoms with E-state index in [2.05, 4.69) is 0 Å². The molecule has 2 nitrogen and oxygen atoms in total. The molecule has 0 heterocycles. The first kappa shape index (κ1) is 10.7. The molecular weight excluding hydrogens is 164 g/mol. The van der Waals surface area contributed by atoms with Gasteiger partial charge in [-0.2, -0.15) is 0 Å². The molecule has 1 aliphatic carbocycles. The van der Waals surface area contributed by atoms with Crippen molar-refractivity contribution in [3.63, 3.8) is 0 Å². The van der Waals surface area contributed by atoms with Crippen LogP contribution in [-0.4, -0.2) is 17.5 Å². The second-order valence-electron chi connectivity index (χ2n) is 4.47. The Morgan fingerprint density at radius 2 is 1.92 bits per heavy atom. The molecule has 1 fully saturated rings. The highest BCUT2D eigenvalue weighted by atomic mass is 16.3. The van der Waals surface area contributed by atoms with Gasteiger partial charge in [0.15, 0.2) is 0 Å². The molecule has 1 N–H and O–H groups in total. The van der Waals surface area contributed by atoms with Crippen LogP contribution in [0.25, 0.3) is 0 Å². The Hall–Kier alpha value is -0.370. The summed E-state index contributed by atoms with van der Waals surface area (Å²) in [5, 5.41) is 9.29. The lowest BCUT2D eigenvalue weighted by atomic mass is 9.68. The van der Waals surface area contributed by atoms with Gasteiger partial charge in [0.1, 0.15) is 5.78 Å². The van der Waals surface area contributed by atoms with Crippen LogP contribution in [0.1, 0.15) is 46.0 Å². The summed E-state index contributed by atoms with van der Waals surface area (Å²) < 4.78 is 0. The summed E-state index contributed by atoms with van der Waals surface area (Å²) in [5.74, 6) is 0.547. The van der Waals surface area contributed by atoms with Gasteiger partial charge in [-0.05, 0) is 25.7 Å². The molecule has 0 amide bonds. The third-order valence-electron chi connectivity index (χ3n) is 3.64. The lowest BCUT2D eigenvalue weighted by Gasteiger charge is -2.36. The number of carbonyl (C=O) groups is 1. The number of ketones is 1. The van der Waals surface area contributed by atoms with Crippen LogP contribution in [0.3, 0.4) is 0 Å². The minimum atomic E-state index is -0.472. The van der Waals surface area contributed by atoms with Crippen molar-refractivity contribution in [3.05, 3.63) is 0 Å². The van der Waals surface area contributed by atoms with E-state index in [1.807, 2.05) is 6.92 Å². The van der Waals surface area contributed by atoms with Gasteiger partial charge in [0.25, 0.3) is 0 Å². The summed E-state index contributed by atoms with van der Waals surface area (Å²) in [7, 11) is 0. The van der Waals surface area contributed by atoms with Crippen LogP contribution in [0.2, 0.25) is 0 Å². The Balaban J connectivity index is 2.68. The number of carbonyl (C=O) groups excluding carboxylic acids is 1. The van der Waals surface area contributed by atoms with Crippen LogP contribution in [0.5, 0.6) is 0 Å². The Bertz CT molecular complexity index is 183. The van der Waals surface area contributed by atoms with Crippen LogP contribution in [0, 0.1) is 11.3 Å². The number of aliphatic hydroxyl groups excluding tert-OH is 1. The SMILES string of the molecule is CC(=O)C(C)(CO)C1CCCCC1. The van der Waals surface area contributed by atoms with E-state index in [0.29, 0.717) is 5.92 Å². The van der Waals surface area contributed by atoms with Gasteiger partial charge in [-0.1, -0.05) is 26.2 Å². The highest BCUT2D eigenvalue weighted by Gasteiger charge is 2.38. The van der Waals surface area contributed by atoms with Crippen molar-refractivity contribution in [1.29, 1.82) is 0 Å². The zero-order chi connectivity index (χ0) is 9.90. The van der Waals surface area contributed by atoms with Gasteiger partial charge in [0.05, 0.1) is 12.0 Å². The van der Waals surface area contributed by atoms with E-state index in [0.717, 1.165) is 12.8 Å². The van der Waals surface area contributed by atoms with Crippen LogP contribution < -0.4 is 0 Å². The summed E-state index contributed by atoms with van der Waals surface area (Å²) in [6, 6.07) is 0. The van der Waals surface area contributed by atoms with Gasteiger partial charge in [-0.15, -0.1) is 0 Å². The molecule has 0 bridgehead atoms. The van der Waals surface area contributed by atoms with Crippen molar-refractivity contribution >= 4 is 5.78 Å². The van der Waals surface area contributed by atoms with E-state index in [4.69, 9.17) is 0 Å². The Kier molecular flexibility index (Phi) is 3.48. The molecule has 0 spiro atoms. The van der Waals surface area contributed by atoms with Gasteiger partial charge in [0.2, 0.25) is 0 Å². The van der Waals surface area contributed by atoms with Gasteiger partial charge < -0.3 is 5.11 Å². The average molecular weight is 184 g/mol. The maximum atomic E-state index is 11.4. The standard InChI is InChI=1S/C11H20O2/c1-9(13)11(2,8-12)10-6-4-3-5-7-10/h10,12H,3-8H2,1-2H3. The average Bonchev–Trinajstić information content (AvgIpc) is 2.17. The summed E-state index contributed by atoms with van der Waals surface area (Å²) in [5.41, 5.74) is -0.472. The molecule has 76 valence electrons. The summed E-state index contributed by atoms with van der Waals surface area (Å²) >= 11 is 0. The monoisotopic (exact) mass is 184 g/mol. The molecule has 1 atom stereocenters. The van der Waals surface area contributed by atoms with Crippen LogP contribution in [-0.2, 0) is 4.79 Å². The topological polar surface area (TPSA) is 37.3 Å². The molecular formula is C11H20O2. The maximum Gasteiger partial charge on any atom is 0.138 e. The van der Waals surface area contributed by atoms with Gasteiger partial charge in [0, 0.05) is 0 Å². The molecule has 1 aliphatic rings. The second kappa shape index (κ2) is 4.23. The first-order valence-corrected chi connectivity index (χ1v) is 5.23. The Morgan fingerprint density at radius 3 is 2.31 bits per heavy atom. The number of rotatable bonds is 3. The second-order valence-corrected chi connectivity index (χ2v) is 4.47. The van der Waals surface area contributed by atoms with E-state index in [-0.39, 0.29) is 12.4 Å². The minimum Gasteiger partial charge on any atom is -0.395 e. The molecule has 1 saturated carbocycles. The summed E-state index contributed by atoms with van der Waals surface area (Å²) in [6.07, 6.45) is 5.93. The summed E-state index contributed by atoms with van der Waals surface area (Å²) in [6.45, 7) is 3.52. The third kappa shape index (κ3) is 2.11. The van der Waals surface area contributed by atoms with Crippen molar-refractivity contribution in [2.24, 2.45) is 11.3 Å². The van der Waals surface area contributed by atoms with E-state index in [1.165, 1.54) is 19.3 Å². The fourth-order valence-electron chi connectivity index (χ4n) is 2.27. The predicted octanol–water partition coefficient (Wildman–Crippen LogP) is 2.15. The molecule has 0 aromatic rings. The molecule has 0 aliphatic heterocycles. The normalized spacial score (nSPS) is 23.9. The first-order valence-electron chi connectivity index (χ1n) is 5.23. The van der Waals surface area contributed by atoms with Crippen molar-refractivity contribution in [2.75, 3.05) is 6.61 Å². The van der Waals surface area contributed by atoms with Crippen molar-refractivity contribution in [2.45, 2.75) is 46.0 Å². The van der Waals surface area contributed by atoms with Crippen molar-refractivity contribution in [1.82, 2.24) is 0 Å². The van der Waals surface area contributed by atoms with Crippen LogP contribution >= 0.6 is 0 Å². The van der Waals surface area contributed by atoms with Crippen molar-refractivity contribution in [3.8, 4) is 0 Å². The van der Waals surface area contributed by atoms with E-state index in [9.17, 15) is 9.90 Å². The minimum absolute atomic E-state index is 0.00694. The smallest absolute Gasteiger partial charge is 0.138 e. The zero-order valence-electron chi connectivity index (χ0n) is 8.68. The van der Waals surface area contributed by atoms with Crippen LogP contribution in [0.15, 0.2) is 0 Å². The highest BCUT2D eigenvalue weighted by molar-refractivity contribution is 5.82. The van der Waals surface area contributed by atoms with E-state index < -0.39 is 5.41 Å². The number of Topliss-reactive ketones (excluding diaryl/α,β-unsaturated/α-hetero) is 1. The fourth-order valence-corrected chi connectivity index (χ4v) is 2.27. The molecule has 0 radical (unpaired) electrons. The molecule has 2 heteroatoms. The maximum absolute atomic E-state index is 11.4. The molecule has 1 unspecified atom stereocenters. The zero-order valence-corrected chi connectivity index (χ0v) is 8.68. The predicted molar refractivity (Wildman–Crippen MR) is 52.4 cm³/mol. The molecule has 1 rings (SSSR count). The molecule has 13 heavy (non-hydrogen) atoms. The van der Waals surface area contributed by atoms with Crippen molar-refractivity contribution < 1.29 is 9.90 Å². The van der Waals surface area contributed by atoms with Gasteiger partial charge in [-0.3, -0.25) is 4.79 Å². The first-order chi connectivity index (χ1) is 6.11. The largest absolute Gasteiger partial charge is 0.395 e. The van der Waals surface area contributed by atoms with Gasteiger partial charge >= 0.3 is 0 Å². The molecule has 0 aromatic heterocycles. The van der Waals surface area contributed by atoms with E-state index >= 15 is 0 Å². The highest BCUT2D eigenvalue weighted by Crippen LogP contribution is 2.38. The number of hydrogen-bond acceptors (Lipinski definition) is 2. The lowest BCUT2D eigenvalue weighted by Crippen LogP contribution is -2.38. The quantitative estimate of drug-likeness (QED) is 0.729. The van der Waals surface area contributed by atoms with Gasteiger partial charge in [-0.25, -0.2) is 0 Å². The van der Waals surface area contributed by atoms with Crippen LogP contribution in [0.4, 0.5) is 0 Å². The lowest BCUT2D eigenvalue weighted by molar-refractivity contribution is -0.132. The Labute approximate surface area is 80.3 Å². The number of hydrogen-bond donors (Lipinski definition) is 1. The van der Waals surface area contributed by atoms with E-state index in [1.54, 1.807) is 6.92 Å². The Morgan fingerprint density at radius 1 is 1.38 bits per heavy atom. The number of aliphatic hydroxyl groups is 1. The summed E-state index contributed by atoms with van der Waals surface area (Å²) in [4.78, 5) is 11.4. The molecule has 0 aromatic carbocycles. The third-order valence-corrected chi connectivity index (χ3v) is 3.64.